The molecule has 35 heavy (non-hydrogen) atoms. The number of hydrogen-bond acceptors (Lipinski definition) is 3. The number of carboxylic acids is 1. The molecule has 9 heteroatoms. The van der Waals surface area contributed by atoms with Crippen molar-refractivity contribution < 1.29 is 33.0 Å². The third kappa shape index (κ3) is 14.7. The van der Waals surface area contributed by atoms with Crippen molar-refractivity contribution in [3.05, 3.63) is 0 Å². The fraction of sp³-hybridized carbons (Fsp3) is 0.923. The van der Waals surface area contributed by atoms with Gasteiger partial charge in [0, 0.05) is 5.92 Å². The van der Waals surface area contributed by atoms with Crippen LogP contribution in [0.3, 0.4) is 0 Å². The second-order valence-electron chi connectivity index (χ2n) is 10.0. The fourth-order valence-corrected chi connectivity index (χ4v) is 5.63. The minimum Gasteiger partial charge on any atom is -0.475 e. The van der Waals surface area contributed by atoms with Crippen molar-refractivity contribution in [2.24, 2.45) is 29.6 Å². The van der Waals surface area contributed by atoms with E-state index in [-0.39, 0.29) is 17.4 Å². The van der Waals surface area contributed by atoms with E-state index in [0.717, 1.165) is 24.7 Å². The van der Waals surface area contributed by atoms with Gasteiger partial charge in [-0.1, -0.05) is 58.8 Å². The molecule has 2 unspecified atom stereocenters. The van der Waals surface area contributed by atoms with Crippen molar-refractivity contribution >= 4 is 35.0 Å². The first-order valence-corrected chi connectivity index (χ1v) is 14.1. The number of halogens is 5. The van der Waals surface area contributed by atoms with E-state index >= 15 is 0 Å². The van der Waals surface area contributed by atoms with Gasteiger partial charge < -0.3 is 10.2 Å². The number of aliphatic carboxylic acids is 1. The SMILES string of the molecule is CCCC1CCC(C(O)CCC(C(C)=O)C2CCC(CC)CC2)CC1.ClCCl.O=C(O)C(F)(F)F. The molecule has 0 spiro atoms. The lowest BCUT2D eigenvalue weighted by Crippen LogP contribution is -2.30. The van der Waals surface area contributed by atoms with Crippen LogP contribution in [-0.4, -0.2) is 39.6 Å². The van der Waals surface area contributed by atoms with E-state index in [1.54, 1.807) is 6.92 Å². The highest BCUT2D eigenvalue weighted by Crippen LogP contribution is 2.39. The minimum atomic E-state index is -5.08. The van der Waals surface area contributed by atoms with Crippen molar-refractivity contribution in [2.75, 3.05) is 5.34 Å². The second-order valence-corrected chi connectivity index (χ2v) is 10.8. The van der Waals surface area contributed by atoms with Gasteiger partial charge in [-0.25, -0.2) is 4.79 Å². The van der Waals surface area contributed by atoms with Gasteiger partial charge in [-0.2, -0.15) is 13.2 Å². The lowest BCUT2D eigenvalue weighted by atomic mass is 9.71. The molecule has 2 rings (SSSR count). The van der Waals surface area contributed by atoms with E-state index < -0.39 is 12.1 Å². The Kier molecular flexibility index (Phi) is 18.4. The number of carbonyl (C=O) groups is 2. The second kappa shape index (κ2) is 18.7. The van der Waals surface area contributed by atoms with Crippen LogP contribution in [0.15, 0.2) is 0 Å². The molecule has 0 bridgehead atoms. The van der Waals surface area contributed by atoms with Crippen LogP contribution in [0, 0.1) is 29.6 Å². The van der Waals surface area contributed by atoms with Crippen LogP contribution in [0.5, 0.6) is 0 Å². The van der Waals surface area contributed by atoms with Crippen LogP contribution in [0.1, 0.15) is 104 Å². The normalized spacial score (nSPS) is 26.3. The summed E-state index contributed by atoms with van der Waals surface area (Å²) >= 11 is 9.53. The smallest absolute Gasteiger partial charge is 0.475 e. The molecule has 0 amide bonds. The Hall–Kier alpha value is -0.530. The predicted octanol–water partition coefficient (Wildman–Crippen LogP) is 8.21. The largest absolute Gasteiger partial charge is 0.490 e. The molecule has 208 valence electrons. The Bertz CT molecular complexity index is 573. The van der Waals surface area contributed by atoms with Crippen LogP contribution >= 0.6 is 23.2 Å². The van der Waals surface area contributed by atoms with Crippen molar-refractivity contribution in [3.8, 4) is 0 Å². The summed E-state index contributed by atoms with van der Waals surface area (Å²) in [6.07, 6.45) is 10.4. The molecule has 0 heterocycles. The Morgan fingerprint density at radius 2 is 1.31 bits per heavy atom. The van der Waals surface area contributed by atoms with Crippen LogP contribution in [0.2, 0.25) is 0 Å². The summed E-state index contributed by atoms with van der Waals surface area (Å²) in [4.78, 5) is 21.1. The fourth-order valence-electron chi connectivity index (χ4n) is 5.63. The molecule has 2 aliphatic carbocycles. The molecule has 0 aliphatic heterocycles. The summed E-state index contributed by atoms with van der Waals surface area (Å²) in [6, 6.07) is 0. The molecule has 0 aromatic rings. The number of ketones is 1. The van der Waals surface area contributed by atoms with Crippen LogP contribution in [0.4, 0.5) is 13.2 Å². The van der Waals surface area contributed by atoms with E-state index in [2.05, 4.69) is 13.8 Å². The summed E-state index contributed by atoms with van der Waals surface area (Å²) in [5.41, 5.74) is 0. The molecule has 0 aromatic carbocycles. The number of hydrogen-bond donors (Lipinski definition) is 2. The van der Waals surface area contributed by atoms with Crippen molar-refractivity contribution in [1.82, 2.24) is 0 Å². The van der Waals surface area contributed by atoms with Crippen molar-refractivity contribution in [1.29, 1.82) is 0 Å². The summed E-state index contributed by atoms with van der Waals surface area (Å²) in [5, 5.41) is 18.0. The van der Waals surface area contributed by atoms with Gasteiger partial charge in [0.2, 0.25) is 0 Å². The minimum absolute atomic E-state index is 0.184. The standard InChI is InChI=1S/C23H42O2.C2HF3O2.CH2Cl2/c1-4-6-19-9-13-21(14-10-19)23(25)16-15-22(17(3)24)20-11-7-18(5-2)8-12-20;3-2(4,5)1(6)7;2-1-3/h18-23,25H,4-16H2,1-3H3;(H,6,7);1H2. The zero-order valence-corrected chi connectivity index (χ0v) is 23.0. The molecule has 2 aliphatic rings. The average Bonchev–Trinajstić information content (AvgIpc) is 2.80. The first-order valence-electron chi connectivity index (χ1n) is 13.0. The molecule has 4 nitrogen and oxygen atoms in total. The first-order chi connectivity index (χ1) is 16.4. The zero-order valence-electron chi connectivity index (χ0n) is 21.5. The molecule has 0 radical (unpaired) electrons. The van der Waals surface area contributed by atoms with E-state index in [1.165, 1.54) is 70.6 Å². The zero-order chi connectivity index (χ0) is 27.0. The molecule has 2 fully saturated rings. The lowest BCUT2D eigenvalue weighted by Gasteiger charge is -2.34. The molecule has 2 atom stereocenters. The van der Waals surface area contributed by atoms with E-state index in [9.17, 15) is 23.1 Å². The van der Waals surface area contributed by atoms with Gasteiger partial charge in [-0.05, 0) is 69.1 Å². The highest BCUT2D eigenvalue weighted by atomic mass is 35.5. The van der Waals surface area contributed by atoms with E-state index in [1.807, 2.05) is 0 Å². The topological polar surface area (TPSA) is 74.6 Å². The highest BCUT2D eigenvalue weighted by molar-refractivity contribution is 6.40. The maximum Gasteiger partial charge on any atom is 0.490 e. The van der Waals surface area contributed by atoms with Crippen molar-refractivity contribution in [3.63, 3.8) is 0 Å². The maximum absolute atomic E-state index is 12.2. The summed E-state index contributed by atoms with van der Waals surface area (Å²) in [6.45, 7) is 6.34. The van der Waals surface area contributed by atoms with Crippen LogP contribution in [0.25, 0.3) is 0 Å². The van der Waals surface area contributed by atoms with Gasteiger partial charge in [0.15, 0.2) is 0 Å². The Morgan fingerprint density at radius 1 is 0.886 bits per heavy atom. The number of carbonyl (C=O) groups excluding carboxylic acids is 1. The quantitative estimate of drug-likeness (QED) is 0.284. The maximum atomic E-state index is 12.2. The lowest BCUT2D eigenvalue weighted by molar-refractivity contribution is -0.192. The van der Waals surface area contributed by atoms with Crippen LogP contribution < -0.4 is 0 Å². The van der Waals surface area contributed by atoms with E-state index in [4.69, 9.17) is 33.1 Å². The number of alkyl halides is 5. The summed E-state index contributed by atoms with van der Waals surface area (Å²) in [7, 11) is 0. The van der Waals surface area contributed by atoms with E-state index in [0.29, 0.717) is 17.6 Å². The summed E-state index contributed by atoms with van der Waals surface area (Å²) in [5.74, 6) is 0.638. The summed E-state index contributed by atoms with van der Waals surface area (Å²) < 4.78 is 31.7. The van der Waals surface area contributed by atoms with Gasteiger partial charge in [0.25, 0.3) is 0 Å². The predicted molar refractivity (Wildman–Crippen MR) is 136 cm³/mol. The Morgan fingerprint density at radius 3 is 1.69 bits per heavy atom. The highest BCUT2D eigenvalue weighted by Gasteiger charge is 2.38. The van der Waals surface area contributed by atoms with Gasteiger partial charge >= 0.3 is 12.1 Å². The third-order valence-electron chi connectivity index (χ3n) is 7.71. The van der Waals surface area contributed by atoms with Crippen LogP contribution in [-0.2, 0) is 9.59 Å². The monoisotopic (exact) mass is 548 g/mol. The average molecular weight is 550 g/mol. The number of aliphatic hydroxyl groups excluding tert-OH is 1. The Balaban J connectivity index is 0.000000978. The van der Waals surface area contributed by atoms with Gasteiger partial charge in [-0.15, -0.1) is 23.2 Å². The number of rotatable bonds is 9. The molecule has 2 N–H and O–H groups in total. The number of carboxylic acid groups (broad SMARTS) is 1. The Labute approximate surface area is 219 Å². The van der Waals surface area contributed by atoms with Gasteiger partial charge in [0.1, 0.15) is 5.78 Å². The molecule has 0 aromatic heterocycles. The van der Waals surface area contributed by atoms with Gasteiger partial charge in [0.05, 0.1) is 11.4 Å². The first kappa shape index (κ1) is 34.5. The third-order valence-corrected chi connectivity index (χ3v) is 7.71. The molecular weight excluding hydrogens is 504 g/mol. The van der Waals surface area contributed by atoms with Crippen molar-refractivity contribution in [2.45, 2.75) is 117 Å². The molecule has 2 saturated carbocycles. The number of Topliss-reactive ketones (excluding diaryl/α,β-unsaturated/α-hetero) is 1. The number of aliphatic hydroxyl groups is 1. The molecule has 0 saturated heterocycles. The van der Waals surface area contributed by atoms with Gasteiger partial charge in [-0.3, -0.25) is 4.79 Å². The molecular formula is C26H45Cl2F3O4.